The van der Waals surface area contributed by atoms with Crippen molar-refractivity contribution in [3.05, 3.63) is 39.8 Å². The number of hydrogen-bond acceptors (Lipinski definition) is 4. The van der Waals surface area contributed by atoms with Gasteiger partial charge in [0.1, 0.15) is 16.8 Å². The van der Waals surface area contributed by atoms with Crippen LogP contribution in [0, 0.1) is 12.3 Å². The first-order valence-corrected chi connectivity index (χ1v) is 5.49. The minimum absolute atomic E-state index is 0.0386. The van der Waals surface area contributed by atoms with E-state index in [0.29, 0.717) is 5.52 Å². The van der Waals surface area contributed by atoms with Gasteiger partial charge in [0.05, 0.1) is 5.52 Å². The number of hydrogen-bond donors (Lipinski definition) is 1. The van der Waals surface area contributed by atoms with Crippen molar-refractivity contribution in [2.24, 2.45) is 0 Å². The summed E-state index contributed by atoms with van der Waals surface area (Å²) in [4.78, 5) is 32.2. The Kier molecular flexibility index (Phi) is 4.77. The van der Waals surface area contributed by atoms with E-state index >= 15 is 0 Å². The van der Waals surface area contributed by atoms with E-state index in [0.717, 1.165) is 6.20 Å². The van der Waals surface area contributed by atoms with Crippen LogP contribution in [-0.4, -0.2) is 15.9 Å². The molecule has 1 N–H and O–H groups in total. The van der Waals surface area contributed by atoms with Crippen molar-refractivity contribution in [2.75, 3.05) is 0 Å². The Morgan fingerprint density at radius 1 is 1.47 bits per heavy atom. The smallest absolute Gasteiger partial charge is 0.359 e. The maximum Gasteiger partial charge on any atom is 0.385 e. The monoisotopic (exact) mass is 262 g/mol. The molecule has 2 aromatic heterocycles. The van der Waals surface area contributed by atoms with E-state index in [9.17, 15) is 14.1 Å². The Hall–Kier alpha value is -2.68. The highest BCUT2D eigenvalue weighted by molar-refractivity contribution is 5.92. The summed E-state index contributed by atoms with van der Waals surface area (Å²) in [7, 11) is 0. The number of carbonyl (C=O) groups excluding carboxylic acids is 1. The van der Waals surface area contributed by atoms with Gasteiger partial charge < -0.3 is 4.98 Å². The second-order valence-electron chi connectivity index (χ2n) is 3.13. The number of nitrogens with one attached hydrogen (secondary N) is 1. The first kappa shape index (κ1) is 14.4. The molecule has 0 radical (unpaired) electrons. The van der Waals surface area contributed by atoms with Crippen molar-refractivity contribution in [3.8, 4) is 12.3 Å². The number of rotatable bonds is 1. The van der Waals surface area contributed by atoms with Crippen LogP contribution in [0.2, 0.25) is 0 Å². The van der Waals surface area contributed by atoms with E-state index in [1.54, 1.807) is 6.07 Å². The van der Waals surface area contributed by atoms with E-state index in [1.165, 1.54) is 6.07 Å². The molecule has 0 unspecified atom stereocenters. The third-order valence-corrected chi connectivity index (χ3v) is 2.16. The molecule has 6 heteroatoms. The van der Waals surface area contributed by atoms with Gasteiger partial charge in [-0.2, -0.15) is 0 Å². The molecule has 0 spiro atoms. The van der Waals surface area contributed by atoms with Crippen LogP contribution < -0.4 is 5.43 Å². The summed E-state index contributed by atoms with van der Waals surface area (Å²) in [5.41, 5.74) is -0.610. The standard InChI is InChI=1S/C11H5FN2O3.C2H6/c1-2-6-3-4-8-9(14-6)10(15)7(5-13-8)11(16)17-12;1-2/h1,3-5H,(H,13,15);1-2H3. The zero-order valence-electron chi connectivity index (χ0n) is 10.4. The summed E-state index contributed by atoms with van der Waals surface area (Å²) in [5.74, 6) is 0.881. The minimum Gasteiger partial charge on any atom is -0.359 e. The van der Waals surface area contributed by atoms with Crippen LogP contribution >= 0.6 is 0 Å². The fraction of sp³-hybridized carbons (Fsp3) is 0.154. The number of H-pyrrole nitrogens is 1. The molecule has 0 atom stereocenters. The number of halogens is 1. The minimum atomic E-state index is -1.37. The Morgan fingerprint density at radius 2 is 2.16 bits per heavy atom. The van der Waals surface area contributed by atoms with Gasteiger partial charge in [-0.15, -0.1) is 6.42 Å². The number of terminal acetylenes is 1. The molecule has 0 saturated heterocycles. The molecule has 5 nitrogen and oxygen atoms in total. The lowest BCUT2D eigenvalue weighted by atomic mass is 10.2. The summed E-state index contributed by atoms with van der Waals surface area (Å²) in [5, 5.41) is 0. The molecule has 0 saturated carbocycles. The van der Waals surface area contributed by atoms with Crippen molar-refractivity contribution in [1.29, 1.82) is 0 Å². The number of pyridine rings is 2. The van der Waals surface area contributed by atoms with E-state index in [-0.39, 0.29) is 11.2 Å². The van der Waals surface area contributed by atoms with Crippen LogP contribution in [0.1, 0.15) is 29.9 Å². The van der Waals surface area contributed by atoms with Crippen molar-refractivity contribution < 1.29 is 14.3 Å². The quantitative estimate of drug-likeness (QED) is 0.797. The van der Waals surface area contributed by atoms with Gasteiger partial charge >= 0.3 is 5.97 Å². The SMILES string of the molecule is C#Cc1ccc2[nH]cc(C(=O)OF)c(=O)c2n1.CC. The van der Waals surface area contributed by atoms with E-state index in [4.69, 9.17) is 6.42 Å². The summed E-state index contributed by atoms with van der Waals surface area (Å²) >= 11 is 0. The predicted octanol–water partition coefficient (Wildman–Crippen LogP) is 1.97. The highest BCUT2D eigenvalue weighted by Crippen LogP contribution is 2.07. The lowest BCUT2D eigenvalue weighted by Crippen LogP contribution is -2.17. The first-order valence-electron chi connectivity index (χ1n) is 5.49. The topological polar surface area (TPSA) is 72.1 Å². The molecule has 98 valence electrons. The Labute approximate surface area is 108 Å². The zero-order valence-corrected chi connectivity index (χ0v) is 10.4. The maximum absolute atomic E-state index is 11.8. The van der Waals surface area contributed by atoms with Crippen LogP contribution in [0.3, 0.4) is 0 Å². The molecule has 0 aliphatic heterocycles. The highest BCUT2D eigenvalue weighted by atomic mass is 19.3. The molecular weight excluding hydrogens is 251 g/mol. The predicted molar refractivity (Wildman–Crippen MR) is 68.2 cm³/mol. The highest BCUT2D eigenvalue weighted by Gasteiger charge is 2.15. The molecular formula is C13H11FN2O3. The van der Waals surface area contributed by atoms with Crippen LogP contribution in [0.15, 0.2) is 23.1 Å². The number of aromatic nitrogens is 2. The fourth-order valence-corrected chi connectivity index (χ4v) is 1.37. The molecule has 19 heavy (non-hydrogen) atoms. The lowest BCUT2D eigenvalue weighted by Gasteiger charge is -1.99. The van der Waals surface area contributed by atoms with Crippen LogP contribution in [0.25, 0.3) is 11.0 Å². The van der Waals surface area contributed by atoms with Crippen molar-refractivity contribution in [3.63, 3.8) is 0 Å². The molecule has 0 aliphatic carbocycles. The van der Waals surface area contributed by atoms with Crippen molar-refractivity contribution >= 4 is 17.0 Å². The molecule has 0 aromatic carbocycles. The number of carbonyl (C=O) groups is 1. The van der Waals surface area contributed by atoms with Gasteiger partial charge in [0.15, 0.2) is 0 Å². The zero-order chi connectivity index (χ0) is 14.4. The molecule has 0 bridgehead atoms. The molecule has 2 aromatic rings. The van der Waals surface area contributed by atoms with Gasteiger partial charge in [-0.25, -0.2) is 14.7 Å². The fourth-order valence-electron chi connectivity index (χ4n) is 1.37. The average molecular weight is 262 g/mol. The van der Waals surface area contributed by atoms with E-state index in [2.05, 4.69) is 20.8 Å². The summed E-state index contributed by atoms with van der Waals surface area (Å²) in [6, 6.07) is 3.08. The van der Waals surface area contributed by atoms with E-state index < -0.39 is 17.0 Å². The summed E-state index contributed by atoms with van der Waals surface area (Å²) in [6.07, 6.45) is 6.20. The number of nitrogens with zero attached hydrogens (tertiary/aromatic N) is 1. The van der Waals surface area contributed by atoms with Crippen molar-refractivity contribution in [1.82, 2.24) is 9.97 Å². The maximum atomic E-state index is 11.8. The average Bonchev–Trinajstić information content (AvgIpc) is 2.48. The molecule has 0 aliphatic rings. The van der Waals surface area contributed by atoms with Gasteiger partial charge in [0.25, 0.3) is 0 Å². The van der Waals surface area contributed by atoms with Gasteiger partial charge in [-0.3, -0.25) is 4.79 Å². The van der Waals surface area contributed by atoms with Gasteiger partial charge in [-0.1, -0.05) is 19.8 Å². The molecule has 0 fully saturated rings. The molecule has 0 amide bonds. The van der Waals surface area contributed by atoms with Crippen LogP contribution in [0.4, 0.5) is 4.53 Å². The number of fused-ring (bicyclic) bond motifs is 1. The Bertz CT molecular complexity index is 701. The normalized spacial score (nSPS) is 9.16. The Balaban J connectivity index is 0.000000861. The van der Waals surface area contributed by atoms with Crippen LogP contribution in [0.5, 0.6) is 0 Å². The molecule has 2 heterocycles. The van der Waals surface area contributed by atoms with Crippen LogP contribution in [-0.2, 0) is 4.94 Å². The summed E-state index contributed by atoms with van der Waals surface area (Å²) in [6.45, 7) is 4.00. The third kappa shape index (κ3) is 2.77. The van der Waals surface area contributed by atoms with Gasteiger partial charge in [0.2, 0.25) is 5.43 Å². The second kappa shape index (κ2) is 6.31. The van der Waals surface area contributed by atoms with Crippen molar-refractivity contribution in [2.45, 2.75) is 13.8 Å². The Morgan fingerprint density at radius 3 is 2.74 bits per heavy atom. The number of aromatic amines is 1. The largest absolute Gasteiger partial charge is 0.385 e. The lowest BCUT2D eigenvalue weighted by molar-refractivity contribution is -0.0789. The first-order chi connectivity index (χ1) is 9.17. The van der Waals surface area contributed by atoms with Gasteiger partial charge in [-0.05, 0) is 12.1 Å². The third-order valence-electron chi connectivity index (χ3n) is 2.16. The molecule has 2 rings (SSSR count). The second-order valence-corrected chi connectivity index (χ2v) is 3.13. The van der Waals surface area contributed by atoms with Gasteiger partial charge in [0, 0.05) is 10.7 Å². The van der Waals surface area contributed by atoms with E-state index in [1.807, 2.05) is 13.8 Å². The summed E-state index contributed by atoms with van der Waals surface area (Å²) < 4.78 is 11.7.